The Labute approximate surface area is 177 Å². The molecule has 0 N–H and O–H groups in total. The molecule has 1 amide bonds. The zero-order valence-electron chi connectivity index (χ0n) is 19.4. The summed E-state index contributed by atoms with van der Waals surface area (Å²) in [5.74, 6) is 0. The molecule has 0 aliphatic carbocycles. The van der Waals surface area contributed by atoms with Crippen LogP contribution in [0.4, 0.5) is 10.5 Å². The predicted molar refractivity (Wildman–Crippen MR) is 125 cm³/mol. The van der Waals surface area contributed by atoms with E-state index in [4.69, 9.17) is 4.74 Å². The zero-order valence-corrected chi connectivity index (χ0v) is 20.5. The fourth-order valence-corrected chi connectivity index (χ4v) is 5.68. The molecule has 2 heterocycles. The normalized spacial score (nSPS) is 16.0. The minimum Gasteiger partial charge on any atom is -0.444 e. The quantitative estimate of drug-likeness (QED) is 0.692. The van der Waals surface area contributed by atoms with Crippen LogP contribution >= 0.6 is 0 Å². The van der Waals surface area contributed by atoms with Crippen molar-refractivity contribution in [2.24, 2.45) is 0 Å². The molecule has 0 spiro atoms. The smallest absolute Gasteiger partial charge is 0.410 e. The summed E-state index contributed by atoms with van der Waals surface area (Å²) in [4.78, 5) is 16.6. The number of rotatable bonds is 2. The van der Waals surface area contributed by atoms with Crippen molar-refractivity contribution in [2.75, 3.05) is 31.1 Å². The Bertz CT molecular complexity index is 882. The van der Waals surface area contributed by atoms with Crippen LogP contribution in [0, 0.1) is 0 Å². The van der Waals surface area contributed by atoms with E-state index in [1.54, 1.807) is 0 Å². The topological polar surface area (TPSA) is 37.7 Å². The maximum atomic E-state index is 12.4. The van der Waals surface area contributed by atoms with Crippen molar-refractivity contribution in [3.05, 3.63) is 24.3 Å². The summed E-state index contributed by atoms with van der Waals surface area (Å²) in [5, 5.41) is 2.84. The lowest BCUT2D eigenvalue weighted by molar-refractivity contribution is 0.0240. The van der Waals surface area contributed by atoms with E-state index < -0.39 is 14.4 Å². The molecule has 6 heteroatoms. The van der Waals surface area contributed by atoms with Gasteiger partial charge in [-0.25, -0.2) is 4.79 Å². The summed E-state index contributed by atoms with van der Waals surface area (Å²) in [6, 6.07) is 9.07. The molecule has 0 radical (unpaired) electrons. The van der Waals surface area contributed by atoms with Gasteiger partial charge in [-0.15, -0.1) is 0 Å². The molecule has 1 saturated heterocycles. The SMILES string of the molecule is C[SiH](C)c1cc2c(N3CCN(C(=O)OC(C)(C)C)CC3)cccc2n1C(C)(C)C. The highest BCUT2D eigenvalue weighted by molar-refractivity contribution is 6.70. The fraction of sp³-hybridized carbons (Fsp3) is 0.609. The Kier molecular flexibility index (Phi) is 5.78. The van der Waals surface area contributed by atoms with Gasteiger partial charge in [-0.1, -0.05) is 19.2 Å². The van der Waals surface area contributed by atoms with E-state index >= 15 is 0 Å². The average Bonchev–Trinajstić information content (AvgIpc) is 3.00. The van der Waals surface area contributed by atoms with Crippen molar-refractivity contribution < 1.29 is 9.53 Å². The summed E-state index contributed by atoms with van der Waals surface area (Å²) in [5.41, 5.74) is 2.21. The first kappa shape index (κ1) is 21.7. The number of nitrogens with zero attached hydrogens (tertiary/aromatic N) is 3. The molecular weight excluding hydrogens is 378 g/mol. The fourth-order valence-electron chi connectivity index (χ4n) is 4.14. The first-order valence-corrected chi connectivity index (χ1v) is 13.6. The van der Waals surface area contributed by atoms with E-state index in [0.717, 1.165) is 13.1 Å². The van der Waals surface area contributed by atoms with Gasteiger partial charge in [0.25, 0.3) is 0 Å². The third-order valence-electron chi connectivity index (χ3n) is 5.39. The van der Waals surface area contributed by atoms with Gasteiger partial charge < -0.3 is 19.1 Å². The Balaban J connectivity index is 1.88. The predicted octanol–water partition coefficient (Wildman–Crippen LogP) is 4.15. The van der Waals surface area contributed by atoms with Gasteiger partial charge in [0.15, 0.2) is 0 Å². The maximum absolute atomic E-state index is 12.4. The van der Waals surface area contributed by atoms with Gasteiger partial charge in [0, 0.05) is 42.8 Å². The van der Waals surface area contributed by atoms with Crippen molar-refractivity contribution in [2.45, 2.75) is 65.8 Å². The monoisotopic (exact) mass is 415 g/mol. The Hall–Kier alpha value is -1.95. The van der Waals surface area contributed by atoms with E-state index in [1.807, 2.05) is 25.7 Å². The second-order valence-electron chi connectivity index (χ2n) is 10.4. The third kappa shape index (κ3) is 4.63. The van der Waals surface area contributed by atoms with Crippen LogP contribution in [0.5, 0.6) is 0 Å². The maximum Gasteiger partial charge on any atom is 0.410 e. The number of carbonyl (C=O) groups is 1. The Morgan fingerprint density at radius 1 is 1.00 bits per heavy atom. The van der Waals surface area contributed by atoms with Gasteiger partial charge in [-0.2, -0.15) is 0 Å². The molecule has 1 fully saturated rings. The number of fused-ring (bicyclic) bond motifs is 1. The van der Waals surface area contributed by atoms with Crippen LogP contribution in [0.2, 0.25) is 13.1 Å². The molecule has 0 unspecified atom stereocenters. The Morgan fingerprint density at radius 3 is 2.14 bits per heavy atom. The zero-order chi connectivity index (χ0) is 21.6. The number of aromatic nitrogens is 1. The van der Waals surface area contributed by atoms with Gasteiger partial charge in [0.05, 0.1) is 14.3 Å². The van der Waals surface area contributed by atoms with Gasteiger partial charge in [0.2, 0.25) is 0 Å². The number of carbonyl (C=O) groups excluding carboxylic acids is 1. The van der Waals surface area contributed by atoms with Crippen LogP contribution in [-0.4, -0.2) is 56.1 Å². The highest BCUT2D eigenvalue weighted by atomic mass is 28.3. The van der Waals surface area contributed by atoms with Crippen LogP contribution in [0.3, 0.4) is 0 Å². The van der Waals surface area contributed by atoms with Crippen molar-refractivity contribution in [1.29, 1.82) is 0 Å². The lowest BCUT2D eigenvalue weighted by Crippen LogP contribution is -2.50. The lowest BCUT2D eigenvalue weighted by atomic mass is 10.1. The molecule has 160 valence electrons. The molecule has 1 aliphatic rings. The number of ether oxygens (including phenoxy) is 1. The third-order valence-corrected chi connectivity index (χ3v) is 6.99. The summed E-state index contributed by atoms with van der Waals surface area (Å²) in [6.45, 7) is 20.4. The summed E-state index contributed by atoms with van der Waals surface area (Å²) < 4.78 is 8.08. The van der Waals surface area contributed by atoms with Crippen molar-refractivity contribution in [3.8, 4) is 0 Å². The second kappa shape index (κ2) is 7.71. The number of hydrogen-bond donors (Lipinski definition) is 0. The van der Waals surface area contributed by atoms with Crippen molar-refractivity contribution in [1.82, 2.24) is 9.47 Å². The summed E-state index contributed by atoms with van der Waals surface area (Å²) in [7, 11) is -0.976. The van der Waals surface area contributed by atoms with Gasteiger partial charge in [-0.05, 0) is 65.1 Å². The average molecular weight is 416 g/mol. The number of amides is 1. The Morgan fingerprint density at radius 2 is 1.62 bits per heavy atom. The number of hydrogen-bond acceptors (Lipinski definition) is 3. The van der Waals surface area contributed by atoms with E-state index in [0.29, 0.717) is 13.1 Å². The highest BCUT2D eigenvalue weighted by Gasteiger charge is 2.28. The van der Waals surface area contributed by atoms with E-state index in [-0.39, 0.29) is 11.6 Å². The van der Waals surface area contributed by atoms with Crippen molar-refractivity contribution >= 4 is 36.8 Å². The van der Waals surface area contributed by atoms with Crippen LogP contribution in [0.25, 0.3) is 10.9 Å². The van der Waals surface area contributed by atoms with Gasteiger partial charge in [-0.3, -0.25) is 0 Å². The van der Waals surface area contributed by atoms with E-state index in [2.05, 4.69) is 67.6 Å². The van der Waals surface area contributed by atoms with E-state index in [9.17, 15) is 4.79 Å². The first-order chi connectivity index (χ1) is 13.4. The lowest BCUT2D eigenvalue weighted by Gasteiger charge is -2.37. The van der Waals surface area contributed by atoms with Gasteiger partial charge >= 0.3 is 6.09 Å². The van der Waals surface area contributed by atoms with E-state index in [1.165, 1.54) is 21.9 Å². The molecule has 0 atom stereocenters. The molecule has 3 rings (SSSR count). The molecule has 5 nitrogen and oxygen atoms in total. The van der Waals surface area contributed by atoms with Crippen molar-refractivity contribution in [3.63, 3.8) is 0 Å². The molecule has 1 aromatic carbocycles. The number of benzene rings is 1. The minimum absolute atomic E-state index is 0.0579. The van der Waals surface area contributed by atoms with Crippen LogP contribution in [0.15, 0.2) is 24.3 Å². The molecule has 2 aromatic rings. The van der Waals surface area contributed by atoms with Crippen LogP contribution in [0.1, 0.15) is 41.5 Å². The summed E-state index contributed by atoms with van der Waals surface area (Å²) in [6.07, 6.45) is -0.206. The number of anilines is 1. The molecule has 1 aliphatic heterocycles. The largest absolute Gasteiger partial charge is 0.444 e. The second-order valence-corrected chi connectivity index (χ2v) is 13.3. The van der Waals surface area contributed by atoms with Gasteiger partial charge in [0.1, 0.15) is 5.60 Å². The standard InChI is InChI=1S/C23H37N3O2Si/c1-22(2,3)26-19-11-9-10-18(17(19)16-20(26)29(7)8)24-12-14-25(15-13-24)21(27)28-23(4,5)6/h9-11,16,29H,12-15H2,1-8H3. The van der Waals surface area contributed by atoms with Crippen LogP contribution in [-0.2, 0) is 10.3 Å². The molecule has 1 aromatic heterocycles. The van der Waals surface area contributed by atoms with Crippen LogP contribution < -0.4 is 10.2 Å². The molecule has 29 heavy (non-hydrogen) atoms. The number of piperazine rings is 1. The highest BCUT2D eigenvalue weighted by Crippen LogP contribution is 2.31. The summed E-state index contributed by atoms with van der Waals surface area (Å²) >= 11 is 0. The molecule has 0 bridgehead atoms. The minimum atomic E-state index is -0.976. The molecular formula is C23H37N3O2Si. The molecule has 0 saturated carbocycles. The first-order valence-electron chi connectivity index (χ1n) is 10.8.